The van der Waals surface area contributed by atoms with E-state index in [9.17, 15) is 4.79 Å². The SMILES string of the molecule is CN1CCO[C@@H](CNC(=O)c2ncncc2Cl)[C@@H]1c1ccccc1. The van der Waals surface area contributed by atoms with Crippen LogP contribution in [0.2, 0.25) is 5.02 Å². The molecule has 126 valence electrons. The molecule has 0 spiro atoms. The Morgan fingerprint density at radius 2 is 2.21 bits per heavy atom. The smallest absolute Gasteiger partial charge is 0.271 e. The van der Waals surface area contributed by atoms with Crippen LogP contribution in [-0.2, 0) is 4.74 Å². The highest BCUT2D eigenvalue weighted by Crippen LogP contribution is 2.27. The molecular formula is C17H19ClN4O2. The van der Waals surface area contributed by atoms with Crippen LogP contribution in [0.1, 0.15) is 22.1 Å². The lowest BCUT2D eigenvalue weighted by atomic mass is 9.98. The second-order valence-electron chi connectivity index (χ2n) is 5.67. The van der Waals surface area contributed by atoms with Gasteiger partial charge in [-0.1, -0.05) is 41.9 Å². The molecule has 3 rings (SSSR count). The summed E-state index contributed by atoms with van der Waals surface area (Å²) in [6.45, 7) is 1.86. The van der Waals surface area contributed by atoms with Crippen LogP contribution in [0.25, 0.3) is 0 Å². The minimum Gasteiger partial charge on any atom is -0.373 e. The molecule has 0 bridgehead atoms. The fourth-order valence-electron chi connectivity index (χ4n) is 2.91. The molecule has 2 aromatic rings. The van der Waals surface area contributed by atoms with Crippen molar-refractivity contribution in [1.82, 2.24) is 20.2 Å². The molecule has 2 heterocycles. The van der Waals surface area contributed by atoms with E-state index in [-0.39, 0.29) is 28.8 Å². The van der Waals surface area contributed by atoms with Crippen LogP contribution < -0.4 is 5.32 Å². The number of carbonyl (C=O) groups is 1. The quantitative estimate of drug-likeness (QED) is 0.916. The van der Waals surface area contributed by atoms with Gasteiger partial charge in [-0.3, -0.25) is 9.69 Å². The summed E-state index contributed by atoms with van der Waals surface area (Å²) in [4.78, 5) is 22.2. The first-order valence-electron chi connectivity index (χ1n) is 7.77. The maximum atomic E-state index is 12.3. The van der Waals surface area contributed by atoms with Gasteiger partial charge >= 0.3 is 0 Å². The van der Waals surface area contributed by atoms with Crippen LogP contribution in [0.5, 0.6) is 0 Å². The number of benzene rings is 1. The summed E-state index contributed by atoms with van der Waals surface area (Å²) in [6.07, 6.45) is 2.57. The van der Waals surface area contributed by atoms with E-state index >= 15 is 0 Å². The molecule has 1 N–H and O–H groups in total. The Kier molecular flexibility index (Phi) is 5.40. The number of ether oxygens (including phenoxy) is 1. The molecular weight excluding hydrogens is 328 g/mol. The molecule has 24 heavy (non-hydrogen) atoms. The molecule has 2 atom stereocenters. The predicted molar refractivity (Wildman–Crippen MR) is 90.9 cm³/mol. The van der Waals surface area contributed by atoms with Crippen molar-refractivity contribution in [2.75, 3.05) is 26.7 Å². The zero-order valence-corrected chi connectivity index (χ0v) is 14.1. The third-order valence-corrected chi connectivity index (χ3v) is 4.37. The fraction of sp³-hybridized carbons (Fsp3) is 0.353. The summed E-state index contributed by atoms with van der Waals surface area (Å²) >= 11 is 5.96. The van der Waals surface area contributed by atoms with Crippen molar-refractivity contribution in [2.45, 2.75) is 12.1 Å². The van der Waals surface area contributed by atoms with Gasteiger partial charge in [-0.05, 0) is 12.6 Å². The second kappa shape index (κ2) is 7.70. The van der Waals surface area contributed by atoms with Gasteiger partial charge in [0, 0.05) is 19.3 Å². The van der Waals surface area contributed by atoms with Crippen molar-refractivity contribution in [3.63, 3.8) is 0 Å². The van der Waals surface area contributed by atoms with Gasteiger partial charge in [-0.15, -0.1) is 0 Å². The molecule has 1 aliphatic heterocycles. The maximum Gasteiger partial charge on any atom is 0.271 e. The lowest BCUT2D eigenvalue weighted by Gasteiger charge is -2.39. The van der Waals surface area contributed by atoms with Gasteiger partial charge in [0.05, 0.1) is 23.8 Å². The molecule has 0 aliphatic carbocycles. The fourth-order valence-corrected chi connectivity index (χ4v) is 3.10. The Balaban J connectivity index is 1.71. The van der Waals surface area contributed by atoms with Crippen LogP contribution in [-0.4, -0.2) is 53.6 Å². The Labute approximate surface area is 145 Å². The number of halogens is 1. The highest BCUT2D eigenvalue weighted by atomic mass is 35.5. The lowest BCUT2D eigenvalue weighted by Crippen LogP contribution is -2.48. The maximum absolute atomic E-state index is 12.3. The third kappa shape index (κ3) is 3.72. The van der Waals surface area contributed by atoms with Crippen LogP contribution >= 0.6 is 11.6 Å². The number of aromatic nitrogens is 2. The summed E-state index contributed by atoms with van der Waals surface area (Å²) in [6, 6.07) is 10.2. The highest BCUT2D eigenvalue weighted by Gasteiger charge is 2.31. The van der Waals surface area contributed by atoms with Crippen molar-refractivity contribution < 1.29 is 9.53 Å². The van der Waals surface area contributed by atoms with E-state index in [1.807, 2.05) is 18.2 Å². The highest BCUT2D eigenvalue weighted by molar-refractivity contribution is 6.33. The van der Waals surface area contributed by atoms with Gasteiger partial charge in [0.15, 0.2) is 0 Å². The summed E-state index contributed by atoms with van der Waals surface area (Å²) < 4.78 is 5.91. The average Bonchev–Trinajstić information content (AvgIpc) is 2.61. The monoisotopic (exact) mass is 346 g/mol. The van der Waals surface area contributed by atoms with E-state index in [0.29, 0.717) is 13.2 Å². The zero-order valence-electron chi connectivity index (χ0n) is 13.4. The molecule has 0 unspecified atom stereocenters. The van der Waals surface area contributed by atoms with Crippen LogP contribution in [0.4, 0.5) is 0 Å². The van der Waals surface area contributed by atoms with Crippen LogP contribution in [0, 0.1) is 0 Å². The van der Waals surface area contributed by atoms with E-state index in [1.165, 1.54) is 18.1 Å². The molecule has 1 fully saturated rings. The lowest BCUT2D eigenvalue weighted by molar-refractivity contribution is -0.0605. The standard InChI is InChI=1S/C17H19ClN4O2/c1-22-7-8-24-14(16(22)12-5-3-2-4-6-12)10-20-17(23)15-13(18)9-19-11-21-15/h2-6,9,11,14,16H,7-8,10H2,1H3,(H,20,23)/t14-,16-/m0/s1. The second-order valence-corrected chi connectivity index (χ2v) is 6.08. The number of rotatable bonds is 4. The molecule has 0 radical (unpaired) electrons. The molecule has 1 amide bonds. The Bertz CT molecular complexity index is 698. The van der Waals surface area contributed by atoms with Crippen LogP contribution in [0.3, 0.4) is 0 Å². The van der Waals surface area contributed by atoms with Crippen LogP contribution in [0.15, 0.2) is 42.9 Å². The van der Waals surface area contributed by atoms with E-state index in [2.05, 4.69) is 39.4 Å². The minimum atomic E-state index is -0.328. The number of amides is 1. The van der Waals surface area contributed by atoms with E-state index in [0.717, 1.165) is 6.54 Å². The predicted octanol–water partition coefficient (Wildman–Crippen LogP) is 1.93. The topological polar surface area (TPSA) is 67.3 Å². The number of likely N-dealkylation sites (N-methyl/N-ethyl adjacent to an activating group) is 1. The molecule has 1 aromatic carbocycles. The Morgan fingerprint density at radius 3 is 2.96 bits per heavy atom. The first-order chi connectivity index (χ1) is 11.7. The zero-order chi connectivity index (χ0) is 16.9. The molecule has 1 aliphatic rings. The average molecular weight is 347 g/mol. The van der Waals surface area contributed by atoms with Gasteiger partial charge in [0.1, 0.15) is 12.0 Å². The third-order valence-electron chi connectivity index (χ3n) is 4.09. The Morgan fingerprint density at radius 1 is 1.42 bits per heavy atom. The van der Waals surface area contributed by atoms with Gasteiger partial charge in [-0.2, -0.15) is 0 Å². The number of nitrogens with zero attached hydrogens (tertiary/aromatic N) is 3. The van der Waals surface area contributed by atoms with Crippen molar-refractivity contribution in [1.29, 1.82) is 0 Å². The Hall–Kier alpha value is -2.02. The number of morpholine rings is 1. The largest absolute Gasteiger partial charge is 0.373 e. The summed E-state index contributed by atoms with van der Waals surface area (Å²) in [5.41, 5.74) is 1.34. The molecule has 1 saturated heterocycles. The van der Waals surface area contributed by atoms with Gasteiger partial charge < -0.3 is 10.1 Å². The van der Waals surface area contributed by atoms with Crippen molar-refractivity contribution in [3.05, 3.63) is 59.1 Å². The normalized spacial score (nSPS) is 21.4. The van der Waals surface area contributed by atoms with Crippen molar-refractivity contribution in [2.24, 2.45) is 0 Å². The first kappa shape index (κ1) is 16.8. The van der Waals surface area contributed by atoms with Gasteiger partial charge in [0.25, 0.3) is 5.91 Å². The minimum absolute atomic E-state index is 0.0844. The number of carbonyl (C=O) groups excluding carboxylic acids is 1. The van der Waals surface area contributed by atoms with Crippen molar-refractivity contribution in [3.8, 4) is 0 Å². The van der Waals surface area contributed by atoms with E-state index in [1.54, 1.807) is 0 Å². The van der Waals surface area contributed by atoms with E-state index < -0.39 is 0 Å². The van der Waals surface area contributed by atoms with Gasteiger partial charge in [-0.25, -0.2) is 9.97 Å². The van der Waals surface area contributed by atoms with Gasteiger partial charge in [0.2, 0.25) is 0 Å². The number of nitrogens with one attached hydrogen (secondary N) is 1. The molecule has 6 nitrogen and oxygen atoms in total. The summed E-state index contributed by atoms with van der Waals surface area (Å²) in [5.74, 6) is -0.328. The van der Waals surface area contributed by atoms with E-state index in [4.69, 9.17) is 16.3 Å². The summed E-state index contributed by atoms with van der Waals surface area (Å²) in [7, 11) is 2.07. The first-order valence-corrected chi connectivity index (χ1v) is 8.15. The summed E-state index contributed by atoms with van der Waals surface area (Å²) in [5, 5.41) is 3.10. The molecule has 0 saturated carbocycles. The number of hydrogen-bond donors (Lipinski definition) is 1. The van der Waals surface area contributed by atoms with Crippen molar-refractivity contribution >= 4 is 17.5 Å². The molecule has 1 aromatic heterocycles. The number of hydrogen-bond acceptors (Lipinski definition) is 5. The molecule has 7 heteroatoms.